The smallest absolute Gasteiger partial charge is 0.0608 e. The first-order chi connectivity index (χ1) is 11.0. The third kappa shape index (κ3) is 2.16. The van der Waals surface area contributed by atoms with Crippen LogP contribution in [-0.4, -0.2) is 22.4 Å². The maximum absolute atomic E-state index is 10.7. The van der Waals surface area contributed by atoms with Crippen LogP contribution in [0.25, 0.3) is 0 Å². The minimum absolute atomic E-state index is 0.0211. The Balaban J connectivity index is 1.63. The summed E-state index contributed by atoms with van der Waals surface area (Å²) in [6.45, 7) is 2.51. The summed E-state index contributed by atoms with van der Waals surface area (Å²) < 4.78 is 0. The molecule has 4 fully saturated rings. The highest BCUT2D eigenvalue weighted by Gasteiger charge is 2.61. The molecule has 128 valence electrons. The van der Waals surface area contributed by atoms with Gasteiger partial charge in [-0.05, 0) is 86.9 Å². The van der Waals surface area contributed by atoms with Gasteiger partial charge in [0.25, 0.3) is 0 Å². The quantitative estimate of drug-likeness (QED) is 0.723. The van der Waals surface area contributed by atoms with Crippen molar-refractivity contribution in [1.82, 2.24) is 0 Å². The van der Waals surface area contributed by atoms with E-state index in [0.717, 1.165) is 43.9 Å². The van der Waals surface area contributed by atoms with E-state index in [1.165, 1.54) is 32.1 Å². The molecule has 0 aromatic carbocycles. The summed E-state index contributed by atoms with van der Waals surface area (Å²) in [5, 5.41) is 20.8. The zero-order chi connectivity index (χ0) is 16.2. The van der Waals surface area contributed by atoms with Crippen LogP contribution in [0.1, 0.15) is 71.1 Å². The van der Waals surface area contributed by atoms with E-state index in [1.807, 2.05) is 0 Å². The van der Waals surface area contributed by atoms with Gasteiger partial charge in [-0.2, -0.15) is 0 Å². The van der Waals surface area contributed by atoms with Crippen LogP contribution in [0, 0.1) is 46.8 Å². The van der Waals surface area contributed by atoms with Crippen molar-refractivity contribution in [3.63, 3.8) is 0 Å². The van der Waals surface area contributed by atoms with Gasteiger partial charge in [0.2, 0.25) is 0 Å². The van der Waals surface area contributed by atoms with Crippen molar-refractivity contribution in [2.75, 3.05) is 0 Å². The molecule has 4 aliphatic rings. The number of rotatable bonds is 1. The van der Waals surface area contributed by atoms with Gasteiger partial charge >= 0.3 is 0 Å². The topological polar surface area (TPSA) is 40.5 Å². The molecule has 0 aromatic heterocycles. The lowest BCUT2D eigenvalue weighted by atomic mass is 9.44. The lowest BCUT2D eigenvalue weighted by molar-refractivity contribution is -0.137. The minimum Gasteiger partial charge on any atom is -0.393 e. The van der Waals surface area contributed by atoms with Crippen molar-refractivity contribution in [2.45, 2.75) is 83.3 Å². The summed E-state index contributed by atoms with van der Waals surface area (Å²) in [5.41, 5.74) is 0.436. The van der Waals surface area contributed by atoms with Crippen LogP contribution >= 0.6 is 0 Å². The molecule has 0 radical (unpaired) electrons. The Kier molecular flexibility index (Phi) is 3.82. The van der Waals surface area contributed by atoms with Gasteiger partial charge in [-0.1, -0.05) is 6.92 Å². The van der Waals surface area contributed by atoms with Crippen LogP contribution in [0.15, 0.2) is 0 Å². The Bertz CT molecular complexity index is 508. The first-order valence-corrected chi connectivity index (χ1v) is 9.81. The van der Waals surface area contributed by atoms with Crippen molar-refractivity contribution in [3.8, 4) is 12.3 Å². The molecule has 2 unspecified atom stereocenters. The maximum atomic E-state index is 10.7. The molecule has 4 saturated carbocycles. The highest BCUT2D eigenvalue weighted by Crippen LogP contribution is 2.67. The third-order valence-electron chi connectivity index (χ3n) is 8.74. The summed E-state index contributed by atoms with van der Waals surface area (Å²) in [5.74, 6) is 5.79. The molecule has 2 nitrogen and oxygen atoms in total. The van der Waals surface area contributed by atoms with Gasteiger partial charge in [0.15, 0.2) is 0 Å². The fourth-order valence-corrected chi connectivity index (χ4v) is 7.55. The van der Waals surface area contributed by atoms with Crippen molar-refractivity contribution in [2.24, 2.45) is 34.5 Å². The van der Waals surface area contributed by atoms with E-state index >= 15 is 0 Å². The van der Waals surface area contributed by atoms with Crippen molar-refractivity contribution in [3.05, 3.63) is 0 Å². The molecule has 0 saturated heterocycles. The van der Waals surface area contributed by atoms with E-state index in [-0.39, 0.29) is 17.6 Å². The molecule has 0 bridgehead atoms. The molecule has 8 atom stereocenters. The van der Waals surface area contributed by atoms with Crippen LogP contribution in [0.4, 0.5) is 0 Å². The van der Waals surface area contributed by atoms with E-state index < -0.39 is 0 Å². The van der Waals surface area contributed by atoms with Crippen LogP contribution in [0.5, 0.6) is 0 Å². The van der Waals surface area contributed by atoms with Gasteiger partial charge in [0.05, 0.1) is 12.2 Å². The standard InChI is InChI=1S/C21H32O2/c1-3-10-21-12-9-17-16(18(21)6-7-19(21)23)5-4-14-13-15(22)8-11-20(14,17)2/h1,14-19,22-23H,4-13H2,2H3/t14-,15?,16+,17-,18-,19?,20-,21-/m0/s1. The van der Waals surface area contributed by atoms with Crippen LogP contribution < -0.4 is 0 Å². The van der Waals surface area contributed by atoms with Gasteiger partial charge in [-0.15, -0.1) is 12.3 Å². The maximum Gasteiger partial charge on any atom is 0.0608 e. The number of aliphatic hydroxyl groups excluding tert-OH is 2. The second kappa shape index (κ2) is 5.50. The average molecular weight is 316 g/mol. The predicted molar refractivity (Wildman–Crippen MR) is 91.5 cm³/mol. The SMILES string of the molecule is C#CC[C@]12CC[C@H]3[C@@H](CC[C@H]4CC(O)CC[C@@]43C)[C@@H]1CCC2O. The van der Waals surface area contributed by atoms with E-state index in [0.29, 0.717) is 17.3 Å². The fourth-order valence-electron chi connectivity index (χ4n) is 7.55. The third-order valence-corrected chi connectivity index (χ3v) is 8.74. The van der Waals surface area contributed by atoms with Crippen molar-refractivity contribution in [1.29, 1.82) is 0 Å². The molecule has 4 rings (SSSR count). The molecule has 0 aromatic rings. The van der Waals surface area contributed by atoms with E-state index in [9.17, 15) is 10.2 Å². The molecule has 0 amide bonds. The normalized spacial score (nSPS) is 55.4. The summed E-state index contributed by atoms with van der Waals surface area (Å²) in [6, 6.07) is 0. The van der Waals surface area contributed by atoms with Gasteiger partial charge in [-0.3, -0.25) is 0 Å². The Labute approximate surface area is 141 Å². The number of terminal acetylenes is 1. The zero-order valence-corrected chi connectivity index (χ0v) is 14.5. The molecule has 2 heteroatoms. The molecule has 2 N–H and O–H groups in total. The van der Waals surface area contributed by atoms with Gasteiger partial charge in [-0.25, -0.2) is 0 Å². The first-order valence-electron chi connectivity index (χ1n) is 9.81. The second-order valence-corrected chi connectivity index (χ2v) is 9.33. The van der Waals surface area contributed by atoms with Crippen LogP contribution in [0.2, 0.25) is 0 Å². The summed E-state index contributed by atoms with van der Waals surface area (Å²) >= 11 is 0. The van der Waals surface area contributed by atoms with Gasteiger partial charge in [0.1, 0.15) is 0 Å². The first kappa shape index (κ1) is 16.0. The highest BCUT2D eigenvalue weighted by atomic mass is 16.3. The number of hydrogen-bond acceptors (Lipinski definition) is 2. The van der Waals surface area contributed by atoms with Crippen LogP contribution in [-0.2, 0) is 0 Å². The molecule has 4 aliphatic carbocycles. The molecule has 0 heterocycles. The Morgan fingerprint density at radius 3 is 2.61 bits per heavy atom. The van der Waals surface area contributed by atoms with Crippen molar-refractivity contribution >= 4 is 0 Å². The average Bonchev–Trinajstić information content (AvgIpc) is 2.86. The molecule has 23 heavy (non-hydrogen) atoms. The minimum atomic E-state index is -0.178. The fraction of sp³-hybridized carbons (Fsp3) is 0.905. The predicted octanol–water partition coefficient (Wildman–Crippen LogP) is 3.75. The number of aliphatic hydroxyl groups is 2. The lowest BCUT2D eigenvalue weighted by Crippen LogP contribution is -2.55. The molecular formula is C21H32O2. The van der Waals surface area contributed by atoms with Crippen LogP contribution in [0.3, 0.4) is 0 Å². The summed E-state index contributed by atoms with van der Waals surface area (Å²) in [4.78, 5) is 0. The highest BCUT2D eigenvalue weighted by molar-refractivity contribution is 5.13. The van der Waals surface area contributed by atoms with E-state index in [2.05, 4.69) is 12.8 Å². The second-order valence-electron chi connectivity index (χ2n) is 9.33. The van der Waals surface area contributed by atoms with Crippen molar-refractivity contribution < 1.29 is 10.2 Å². The monoisotopic (exact) mass is 316 g/mol. The summed E-state index contributed by atoms with van der Waals surface area (Å²) in [7, 11) is 0. The Morgan fingerprint density at radius 2 is 1.83 bits per heavy atom. The van der Waals surface area contributed by atoms with E-state index in [4.69, 9.17) is 6.42 Å². The number of fused-ring (bicyclic) bond motifs is 5. The number of hydrogen-bond donors (Lipinski definition) is 2. The lowest BCUT2D eigenvalue weighted by Gasteiger charge is -2.61. The largest absolute Gasteiger partial charge is 0.393 e. The molecule has 0 spiro atoms. The molecule has 0 aliphatic heterocycles. The Hall–Kier alpha value is -0.520. The molecular weight excluding hydrogens is 284 g/mol. The van der Waals surface area contributed by atoms with E-state index in [1.54, 1.807) is 0 Å². The van der Waals surface area contributed by atoms with Gasteiger partial charge in [0, 0.05) is 11.8 Å². The van der Waals surface area contributed by atoms with Gasteiger partial charge < -0.3 is 10.2 Å². The summed E-state index contributed by atoms with van der Waals surface area (Å²) in [6.07, 6.45) is 16.5. The zero-order valence-electron chi connectivity index (χ0n) is 14.5. The Morgan fingerprint density at radius 1 is 1.00 bits per heavy atom.